The van der Waals surface area contributed by atoms with Crippen LogP contribution in [0.1, 0.15) is 37.6 Å². The Morgan fingerprint density at radius 2 is 2.09 bits per heavy atom. The van der Waals surface area contributed by atoms with Crippen molar-refractivity contribution in [1.82, 2.24) is 14.5 Å². The van der Waals surface area contributed by atoms with Crippen molar-refractivity contribution >= 4 is 11.9 Å². The molecule has 1 aliphatic heterocycles. The van der Waals surface area contributed by atoms with Gasteiger partial charge in [0.05, 0.1) is 12.5 Å². The van der Waals surface area contributed by atoms with Crippen molar-refractivity contribution in [2.45, 2.75) is 46.6 Å². The number of likely N-dealkylation sites (tertiary alicyclic amines) is 1. The number of nitrogens with one attached hydrogen (secondary N) is 1. The molecule has 23 heavy (non-hydrogen) atoms. The van der Waals surface area contributed by atoms with Gasteiger partial charge in [-0.05, 0) is 33.6 Å². The number of aryl methyl sites for hydroxylation is 1. The molecule has 0 bridgehead atoms. The summed E-state index contributed by atoms with van der Waals surface area (Å²) in [6, 6.07) is 0. The van der Waals surface area contributed by atoms with E-state index in [2.05, 4.69) is 4.98 Å². The smallest absolute Gasteiger partial charge is 0.325 e. The van der Waals surface area contributed by atoms with Gasteiger partial charge in [-0.1, -0.05) is 0 Å². The van der Waals surface area contributed by atoms with Gasteiger partial charge in [0.25, 0.3) is 0 Å². The second-order valence-corrected chi connectivity index (χ2v) is 5.97. The third kappa shape index (κ3) is 4.03. The van der Waals surface area contributed by atoms with E-state index < -0.39 is 0 Å². The molecular formula is C16H25N3O4. The quantitative estimate of drug-likeness (QED) is 0.819. The summed E-state index contributed by atoms with van der Waals surface area (Å²) in [5.41, 5.74) is 1.49. The first-order valence-electron chi connectivity index (χ1n) is 8.14. The Hall–Kier alpha value is -2.05. The van der Waals surface area contributed by atoms with Crippen LogP contribution in [0.4, 0.5) is 0 Å². The zero-order valence-electron chi connectivity index (χ0n) is 14.1. The molecule has 128 valence electrons. The summed E-state index contributed by atoms with van der Waals surface area (Å²) in [6.45, 7) is 7.26. The standard InChI is InChI=1S/C16H25N3O4/c1-4-23-15(21)13-6-5-8-18(10-13)14(20)7-9-19-12(3)11(2)17-16(19)22/h13H,4-10H2,1-3H3,(H,17,22). The largest absolute Gasteiger partial charge is 0.466 e. The fraction of sp³-hybridized carbons (Fsp3) is 0.688. The lowest BCUT2D eigenvalue weighted by atomic mass is 9.98. The maximum Gasteiger partial charge on any atom is 0.325 e. The molecule has 2 rings (SSSR count). The number of carbonyl (C=O) groups excluding carboxylic acids is 2. The van der Waals surface area contributed by atoms with Gasteiger partial charge in [0.15, 0.2) is 0 Å². The average molecular weight is 323 g/mol. The van der Waals surface area contributed by atoms with Crippen molar-refractivity contribution in [1.29, 1.82) is 0 Å². The lowest BCUT2D eigenvalue weighted by Crippen LogP contribution is -2.43. The molecule has 1 amide bonds. The Morgan fingerprint density at radius 3 is 2.70 bits per heavy atom. The summed E-state index contributed by atoms with van der Waals surface area (Å²) >= 11 is 0. The van der Waals surface area contributed by atoms with Gasteiger partial charge in [-0.25, -0.2) is 4.79 Å². The van der Waals surface area contributed by atoms with Crippen LogP contribution >= 0.6 is 0 Å². The minimum Gasteiger partial charge on any atom is -0.466 e. The van der Waals surface area contributed by atoms with Gasteiger partial charge in [-0.2, -0.15) is 0 Å². The van der Waals surface area contributed by atoms with E-state index in [-0.39, 0.29) is 29.9 Å². The van der Waals surface area contributed by atoms with Crippen molar-refractivity contribution in [2.24, 2.45) is 5.92 Å². The fourth-order valence-corrected chi connectivity index (χ4v) is 2.96. The van der Waals surface area contributed by atoms with E-state index in [1.165, 1.54) is 0 Å². The highest BCUT2D eigenvalue weighted by Gasteiger charge is 2.29. The lowest BCUT2D eigenvalue weighted by molar-refractivity contribution is -0.151. The monoisotopic (exact) mass is 323 g/mol. The summed E-state index contributed by atoms with van der Waals surface area (Å²) in [4.78, 5) is 40.4. The number of piperidine rings is 1. The molecule has 1 aliphatic rings. The van der Waals surface area contributed by atoms with Gasteiger partial charge >= 0.3 is 11.7 Å². The number of ether oxygens (including phenoxy) is 1. The molecule has 1 aromatic heterocycles. The second-order valence-electron chi connectivity index (χ2n) is 5.97. The van der Waals surface area contributed by atoms with Crippen LogP contribution in [0, 0.1) is 19.8 Å². The Bertz CT molecular complexity index is 632. The first kappa shape index (κ1) is 17.3. The number of imidazole rings is 1. The molecule has 1 aromatic rings. The maximum absolute atomic E-state index is 12.4. The fourth-order valence-electron chi connectivity index (χ4n) is 2.96. The number of rotatable bonds is 5. The number of amides is 1. The number of hydrogen-bond donors (Lipinski definition) is 1. The number of nitrogens with zero attached hydrogens (tertiary/aromatic N) is 2. The Balaban J connectivity index is 1.92. The molecule has 1 unspecified atom stereocenters. The van der Waals surface area contributed by atoms with Crippen LogP contribution in [0.3, 0.4) is 0 Å². The lowest BCUT2D eigenvalue weighted by Gasteiger charge is -2.31. The van der Waals surface area contributed by atoms with Gasteiger partial charge in [0, 0.05) is 37.4 Å². The minimum absolute atomic E-state index is 0.0239. The molecule has 0 radical (unpaired) electrons. The van der Waals surface area contributed by atoms with E-state index in [1.807, 2.05) is 13.8 Å². The first-order valence-corrected chi connectivity index (χ1v) is 8.14. The molecule has 7 heteroatoms. The van der Waals surface area contributed by atoms with Crippen LogP contribution in [0.25, 0.3) is 0 Å². The molecule has 0 saturated carbocycles. The van der Waals surface area contributed by atoms with Gasteiger partial charge in [0.2, 0.25) is 5.91 Å². The number of aromatic nitrogens is 2. The molecule has 1 saturated heterocycles. The molecular weight excluding hydrogens is 298 g/mol. The average Bonchev–Trinajstić information content (AvgIpc) is 2.78. The predicted octanol–water partition coefficient (Wildman–Crippen LogP) is 0.985. The van der Waals surface area contributed by atoms with Crippen molar-refractivity contribution in [3.63, 3.8) is 0 Å². The van der Waals surface area contributed by atoms with E-state index in [9.17, 15) is 14.4 Å². The molecule has 7 nitrogen and oxygen atoms in total. The summed E-state index contributed by atoms with van der Waals surface area (Å²) in [6.07, 6.45) is 1.82. The van der Waals surface area contributed by atoms with E-state index in [1.54, 1.807) is 16.4 Å². The first-order chi connectivity index (χ1) is 10.9. The molecule has 0 aromatic carbocycles. The van der Waals surface area contributed by atoms with E-state index in [0.717, 1.165) is 24.2 Å². The van der Waals surface area contributed by atoms with Crippen LogP contribution in [-0.4, -0.2) is 46.0 Å². The highest BCUT2D eigenvalue weighted by Crippen LogP contribution is 2.18. The zero-order valence-corrected chi connectivity index (χ0v) is 14.1. The number of hydrogen-bond acceptors (Lipinski definition) is 4. The summed E-state index contributed by atoms with van der Waals surface area (Å²) in [5.74, 6) is -0.478. The topological polar surface area (TPSA) is 84.4 Å². The number of aromatic amines is 1. The molecule has 1 atom stereocenters. The SMILES string of the molecule is CCOC(=O)C1CCCN(C(=O)CCn2c(C)c(C)[nH]c2=O)C1. The van der Waals surface area contributed by atoms with Crippen LogP contribution in [0.5, 0.6) is 0 Å². The van der Waals surface area contributed by atoms with E-state index in [0.29, 0.717) is 26.2 Å². The van der Waals surface area contributed by atoms with Crippen LogP contribution < -0.4 is 5.69 Å². The van der Waals surface area contributed by atoms with Gasteiger partial charge in [-0.15, -0.1) is 0 Å². The normalized spacial score (nSPS) is 18.0. The maximum atomic E-state index is 12.4. The van der Waals surface area contributed by atoms with Crippen molar-refractivity contribution in [3.8, 4) is 0 Å². The number of carbonyl (C=O) groups is 2. The third-order valence-electron chi connectivity index (χ3n) is 4.43. The number of esters is 1. The summed E-state index contributed by atoms with van der Waals surface area (Å²) in [7, 11) is 0. The van der Waals surface area contributed by atoms with Crippen LogP contribution in [0.2, 0.25) is 0 Å². The van der Waals surface area contributed by atoms with Gasteiger partial charge in [0.1, 0.15) is 0 Å². The molecule has 1 N–H and O–H groups in total. The van der Waals surface area contributed by atoms with Crippen LogP contribution in [-0.2, 0) is 20.9 Å². The molecule has 1 fully saturated rings. The molecule has 0 aliphatic carbocycles. The summed E-state index contributed by atoms with van der Waals surface area (Å²) in [5, 5.41) is 0. The molecule has 0 spiro atoms. The number of H-pyrrole nitrogens is 1. The van der Waals surface area contributed by atoms with E-state index >= 15 is 0 Å². The van der Waals surface area contributed by atoms with Crippen LogP contribution in [0.15, 0.2) is 4.79 Å². The second kappa shape index (κ2) is 7.48. The molecule has 2 heterocycles. The predicted molar refractivity (Wildman–Crippen MR) is 85.1 cm³/mol. The minimum atomic E-state index is -0.230. The highest BCUT2D eigenvalue weighted by molar-refractivity contribution is 5.78. The zero-order chi connectivity index (χ0) is 17.0. The van der Waals surface area contributed by atoms with E-state index in [4.69, 9.17) is 4.74 Å². The third-order valence-corrected chi connectivity index (χ3v) is 4.43. The Labute approximate surface area is 135 Å². The highest BCUT2D eigenvalue weighted by atomic mass is 16.5. The Kier molecular flexibility index (Phi) is 5.63. The van der Waals surface area contributed by atoms with Crippen molar-refractivity contribution in [3.05, 3.63) is 21.9 Å². The van der Waals surface area contributed by atoms with Gasteiger partial charge in [-0.3, -0.25) is 14.2 Å². The van der Waals surface area contributed by atoms with Gasteiger partial charge < -0.3 is 14.6 Å². The van der Waals surface area contributed by atoms with Crippen molar-refractivity contribution < 1.29 is 14.3 Å². The summed E-state index contributed by atoms with van der Waals surface area (Å²) < 4.78 is 6.63. The van der Waals surface area contributed by atoms with Crippen molar-refractivity contribution in [2.75, 3.05) is 19.7 Å². The Morgan fingerprint density at radius 1 is 1.35 bits per heavy atom.